The maximum absolute atomic E-state index is 13.2. The molecular weight excluding hydrogens is 697 g/mol. The number of piperazine rings is 1. The largest absolute Gasteiger partial charge is 0.446 e. The number of ether oxygens (including phenoxy) is 4. The number of nitrogens with one attached hydrogen (secondary N) is 1. The normalized spacial score (nSPS) is 45.2. The van der Waals surface area contributed by atoms with E-state index < -0.39 is 6.10 Å². The van der Waals surface area contributed by atoms with E-state index in [0.29, 0.717) is 24.3 Å². The molecule has 11 heteroatoms. The van der Waals surface area contributed by atoms with Crippen LogP contribution in [0.1, 0.15) is 106 Å². The van der Waals surface area contributed by atoms with Gasteiger partial charge in [0, 0.05) is 76.8 Å². The lowest BCUT2D eigenvalue weighted by atomic mass is 9.41. The molecule has 2 N–H and O–H groups in total. The third-order valence-electron chi connectivity index (χ3n) is 18.2. The summed E-state index contributed by atoms with van der Waals surface area (Å²) in [6.45, 7) is 25.1. The first-order valence-electron chi connectivity index (χ1n) is 22.3. The van der Waals surface area contributed by atoms with Crippen molar-refractivity contribution < 1.29 is 33.6 Å². The minimum absolute atomic E-state index is 0.0266. The van der Waals surface area contributed by atoms with Crippen LogP contribution in [0, 0.1) is 56.7 Å². The third kappa shape index (κ3) is 6.19. The van der Waals surface area contributed by atoms with Gasteiger partial charge in [0.1, 0.15) is 12.2 Å². The van der Waals surface area contributed by atoms with Crippen molar-refractivity contribution in [3.63, 3.8) is 0 Å². The van der Waals surface area contributed by atoms with Crippen LogP contribution in [-0.4, -0.2) is 135 Å². The van der Waals surface area contributed by atoms with Crippen LogP contribution >= 0.6 is 0 Å². The molecule has 13 atom stereocenters. The van der Waals surface area contributed by atoms with Crippen LogP contribution in [0.5, 0.6) is 0 Å². The highest BCUT2D eigenvalue weighted by Gasteiger charge is 2.84. The van der Waals surface area contributed by atoms with E-state index in [-0.39, 0.29) is 75.5 Å². The Morgan fingerprint density at radius 1 is 0.909 bits per heavy atom. The standard InChI is InChI=1S/C44H74N4O7/c1-28(2)35(55-39(51)48-17-9-18-48)30-26-29(3)34-36(53-30)37(49)42(7)32-11-10-31-40(4,5)33(12-13-43(31)27-44(32,43)15-14-41(34,42)6)54-38(50)45-16-19-46-20-22-47(23-21-46)24-25-52-8/h28-37,49H,9-27H2,1-8H3,(H,45,50)/t29-,30?,31+,32?,33?,34+,35-,36?,37+,41?,42-,43?,44?/m1/s1. The number of amides is 2. The topological polar surface area (TPSA) is 113 Å². The van der Waals surface area contributed by atoms with E-state index in [4.69, 9.17) is 18.9 Å². The highest BCUT2D eigenvalue weighted by molar-refractivity contribution is 5.68. The molecule has 5 saturated carbocycles. The Bertz CT molecular complexity index is 1430. The van der Waals surface area contributed by atoms with Gasteiger partial charge >= 0.3 is 12.2 Å². The average molecular weight is 771 g/mol. The number of hydrogen-bond donors (Lipinski definition) is 2. The number of hydrogen-bond acceptors (Lipinski definition) is 9. The van der Waals surface area contributed by atoms with E-state index in [1.54, 1.807) is 12.0 Å². The lowest BCUT2D eigenvalue weighted by Crippen LogP contribution is -2.60. The molecule has 0 radical (unpaired) electrons. The molecule has 8 rings (SSSR count). The predicted molar refractivity (Wildman–Crippen MR) is 210 cm³/mol. The van der Waals surface area contributed by atoms with Crippen molar-refractivity contribution in [1.29, 1.82) is 0 Å². The minimum atomic E-state index is -0.557. The number of fused-ring (bicyclic) bond motifs is 4. The molecule has 11 nitrogen and oxygen atoms in total. The van der Waals surface area contributed by atoms with Crippen molar-refractivity contribution in [3.8, 4) is 0 Å². The molecule has 7 unspecified atom stereocenters. The van der Waals surface area contributed by atoms with Crippen molar-refractivity contribution in [2.24, 2.45) is 56.7 Å². The van der Waals surface area contributed by atoms with Crippen LogP contribution in [-0.2, 0) is 18.9 Å². The lowest BCUT2D eigenvalue weighted by Gasteiger charge is -2.63. The summed E-state index contributed by atoms with van der Waals surface area (Å²) in [6.07, 6.45) is 7.77. The maximum Gasteiger partial charge on any atom is 0.410 e. The Morgan fingerprint density at radius 2 is 1.58 bits per heavy atom. The second-order valence-corrected chi connectivity index (χ2v) is 21.0. The second kappa shape index (κ2) is 14.6. The summed E-state index contributed by atoms with van der Waals surface area (Å²) in [7, 11) is 1.75. The summed E-state index contributed by atoms with van der Waals surface area (Å²) in [5.74, 6) is 1.70. The van der Waals surface area contributed by atoms with E-state index in [1.165, 1.54) is 12.8 Å². The molecule has 55 heavy (non-hydrogen) atoms. The Hall–Kier alpha value is -1.66. The average Bonchev–Trinajstić information content (AvgIpc) is 3.75. The van der Waals surface area contributed by atoms with Gasteiger partial charge in [-0.05, 0) is 104 Å². The Balaban J connectivity index is 0.915. The molecule has 8 aliphatic rings. The number of alkyl carbamates (subject to hydrolysis) is 1. The van der Waals surface area contributed by atoms with Gasteiger partial charge in [0.25, 0.3) is 0 Å². The fraction of sp³-hybridized carbons (Fsp3) is 0.955. The van der Waals surface area contributed by atoms with E-state index in [9.17, 15) is 14.7 Å². The molecule has 5 aliphatic carbocycles. The Kier molecular flexibility index (Phi) is 10.6. The van der Waals surface area contributed by atoms with E-state index >= 15 is 0 Å². The smallest absolute Gasteiger partial charge is 0.410 e. The molecule has 2 amide bonds. The van der Waals surface area contributed by atoms with Crippen LogP contribution in [0.3, 0.4) is 0 Å². The van der Waals surface area contributed by atoms with Crippen LogP contribution in [0.25, 0.3) is 0 Å². The van der Waals surface area contributed by atoms with Crippen LogP contribution < -0.4 is 5.32 Å². The van der Waals surface area contributed by atoms with Crippen molar-refractivity contribution in [1.82, 2.24) is 20.0 Å². The number of nitrogens with zero attached hydrogens (tertiary/aromatic N) is 3. The maximum atomic E-state index is 13.2. The van der Waals surface area contributed by atoms with Gasteiger partial charge in [-0.15, -0.1) is 0 Å². The molecule has 0 aromatic carbocycles. The fourth-order valence-electron chi connectivity index (χ4n) is 15.0. The quantitative estimate of drug-likeness (QED) is 0.275. The van der Waals surface area contributed by atoms with Gasteiger partial charge in [-0.3, -0.25) is 9.80 Å². The molecule has 0 aromatic heterocycles. The number of likely N-dealkylation sites (tertiary alicyclic amines) is 1. The first kappa shape index (κ1) is 40.1. The summed E-state index contributed by atoms with van der Waals surface area (Å²) in [6, 6.07) is 0. The van der Waals surface area contributed by atoms with Gasteiger partial charge in [-0.1, -0.05) is 48.5 Å². The van der Waals surface area contributed by atoms with Crippen LogP contribution in [0.4, 0.5) is 9.59 Å². The molecule has 3 aliphatic heterocycles. The van der Waals surface area contributed by atoms with Gasteiger partial charge in [0.2, 0.25) is 0 Å². The SMILES string of the molecule is COCCN1CCN(CCNC(=O)OC2CCC34CC35CCC3(C)[C@@H]6C(OC([C@H](OC(=O)N7CCC7)C(C)C)C[C@H]6C)[C@H](O)[C@@]3(C)C5CC[C@H]4C2(C)C)CC1. The van der Waals surface area contributed by atoms with Crippen molar-refractivity contribution in [2.75, 3.05) is 72.6 Å². The predicted octanol–water partition coefficient (Wildman–Crippen LogP) is 6.03. The first-order chi connectivity index (χ1) is 26.1. The van der Waals surface area contributed by atoms with Crippen LogP contribution in [0.2, 0.25) is 0 Å². The van der Waals surface area contributed by atoms with Crippen molar-refractivity contribution >= 4 is 12.2 Å². The van der Waals surface area contributed by atoms with Gasteiger partial charge in [0.15, 0.2) is 0 Å². The molecule has 3 saturated heterocycles. The number of aliphatic hydroxyl groups is 1. The zero-order chi connectivity index (χ0) is 39.1. The van der Waals surface area contributed by atoms with E-state index in [2.05, 4.69) is 63.6 Å². The van der Waals surface area contributed by atoms with Gasteiger partial charge in [-0.25, -0.2) is 9.59 Å². The van der Waals surface area contributed by atoms with E-state index in [1.807, 2.05) is 0 Å². The molecule has 312 valence electrons. The first-order valence-corrected chi connectivity index (χ1v) is 22.3. The fourth-order valence-corrected chi connectivity index (χ4v) is 15.0. The third-order valence-corrected chi connectivity index (χ3v) is 18.2. The zero-order valence-electron chi connectivity index (χ0n) is 35.4. The monoisotopic (exact) mass is 771 g/mol. The number of carbonyl (C=O) groups excluding carboxylic acids is 2. The van der Waals surface area contributed by atoms with Crippen molar-refractivity contribution in [3.05, 3.63) is 0 Å². The summed E-state index contributed by atoms with van der Waals surface area (Å²) in [5.41, 5.74) is 0.0834. The molecule has 0 aromatic rings. The van der Waals surface area contributed by atoms with Crippen molar-refractivity contribution in [2.45, 2.75) is 137 Å². The molecule has 3 heterocycles. The molecule has 0 bridgehead atoms. The number of aliphatic hydroxyl groups excluding tert-OH is 1. The summed E-state index contributed by atoms with van der Waals surface area (Å²) < 4.78 is 24.8. The number of carbonyl (C=O) groups is 2. The highest BCUT2D eigenvalue weighted by Crippen LogP contribution is 2.89. The molecule has 8 fully saturated rings. The molecular formula is C44H74N4O7. The summed E-state index contributed by atoms with van der Waals surface area (Å²) in [4.78, 5) is 32.9. The zero-order valence-corrected chi connectivity index (χ0v) is 35.4. The number of rotatable bonds is 10. The number of methoxy groups -OCH3 is 1. The summed E-state index contributed by atoms with van der Waals surface area (Å²) >= 11 is 0. The lowest BCUT2D eigenvalue weighted by molar-refractivity contribution is -0.185. The second-order valence-electron chi connectivity index (χ2n) is 21.0. The highest BCUT2D eigenvalue weighted by atomic mass is 16.6. The van der Waals surface area contributed by atoms with E-state index in [0.717, 1.165) is 104 Å². The van der Waals surface area contributed by atoms with Gasteiger partial charge < -0.3 is 34.3 Å². The van der Waals surface area contributed by atoms with Gasteiger partial charge in [-0.2, -0.15) is 0 Å². The minimum Gasteiger partial charge on any atom is -0.446 e. The molecule has 2 spiro atoms. The Labute approximate surface area is 331 Å². The Morgan fingerprint density at radius 3 is 2.24 bits per heavy atom. The summed E-state index contributed by atoms with van der Waals surface area (Å²) in [5, 5.41) is 15.8. The van der Waals surface area contributed by atoms with Crippen LogP contribution in [0.15, 0.2) is 0 Å². The van der Waals surface area contributed by atoms with Gasteiger partial charge in [0.05, 0.1) is 24.9 Å².